The van der Waals surface area contributed by atoms with Crippen LogP contribution in [0.15, 0.2) is 28.7 Å². The molecule has 1 aliphatic rings. The van der Waals surface area contributed by atoms with Gasteiger partial charge in [-0.25, -0.2) is 0 Å². The summed E-state index contributed by atoms with van der Waals surface area (Å²) < 4.78 is 6.21. The number of carbonyl (C=O) groups is 2. The molecule has 0 saturated carbocycles. The van der Waals surface area contributed by atoms with Gasteiger partial charge in [-0.15, -0.1) is 0 Å². The van der Waals surface area contributed by atoms with Crippen LogP contribution in [0.5, 0.6) is 0 Å². The number of amides is 2. The predicted molar refractivity (Wildman–Crippen MR) is 77.9 cm³/mol. The quantitative estimate of drug-likeness (QED) is 0.843. The Morgan fingerprint density at radius 3 is 2.90 bits per heavy atom. The second kappa shape index (κ2) is 6.85. The molecule has 2 atom stereocenters. The van der Waals surface area contributed by atoms with Crippen LogP contribution in [0.3, 0.4) is 0 Å². The van der Waals surface area contributed by atoms with Gasteiger partial charge in [0.1, 0.15) is 12.1 Å². The molecule has 1 aliphatic heterocycles. The average Bonchev–Trinajstić information content (AvgIpc) is 2.91. The van der Waals surface area contributed by atoms with E-state index in [-0.39, 0.29) is 5.91 Å². The van der Waals surface area contributed by atoms with E-state index in [4.69, 9.17) is 10.5 Å². The maximum absolute atomic E-state index is 12.0. The standard InChI is InChI=1S/C14H17BrN2O3/c15-10-4-1-3-9(7-10)8-11(13(16)18)17-14(19)12-5-2-6-20-12/h1,3-4,7,11-12H,2,5-6,8H2,(H2,16,18)(H,17,19)/t11-,12+/m0/s1. The van der Waals surface area contributed by atoms with Gasteiger partial charge in [-0.3, -0.25) is 9.59 Å². The first-order valence-corrected chi connectivity index (χ1v) is 7.31. The first-order valence-electron chi connectivity index (χ1n) is 6.52. The molecular formula is C14H17BrN2O3. The Hall–Kier alpha value is -1.40. The third-order valence-electron chi connectivity index (χ3n) is 3.21. The van der Waals surface area contributed by atoms with Gasteiger partial charge in [0, 0.05) is 17.5 Å². The van der Waals surface area contributed by atoms with Crippen molar-refractivity contribution >= 4 is 27.7 Å². The van der Waals surface area contributed by atoms with Gasteiger partial charge in [0.15, 0.2) is 0 Å². The van der Waals surface area contributed by atoms with Crippen LogP contribution in [0.4, 0.5) is 0 Å². The summed E-state index contributed by atoms with van der Waals surface area (Å²) in [6, 6.07) is 6.83. The molecule has 2 rings (SSSR count). The van der Waals surface area contributed by atoms with Crippen LogP contribution in [0, 0.1) is 0 Å². The third kappa shape index (κ3) is 4.05. The fourth-order valence-corrected chi connectivity index (χ4v) is 2.62. The third-order valence-corrected chi connectivity index (χ3v) is 3.70. The van der Waals surface area contributed by atoms with Crippen LogP contribution in [-0.4, -0.2) is 30.6 Å². The molecule has 0 bridgehead atoms. The Kier molecular flexibility index (Phi) is 5.14. The van der Waals surface area contributed by atoms with Crippen LogP contribution in [-0.2, 0) is 20.7 Å². The number of carbonyl (C=O) groups excluding carboxylic acids is 2. The molecule has 0 unspecified atom stereocenters. The Balaban J connectivity index is 2.00. The molecule has 6 heteroatoms. The Bertz CT molecular complexity index is 501. The minimum Gasteiger partial charge on any atom is -0.368 e. The number of ether oxygens (including phenoxy) is 1. The van der Waals surface area contributed by atoms with E-state index in [0.717, 1.165) is 16.5 Å². The molecule has 1 aromatic carbocycles. The zero-order valence-corrected chi connectivity index (χ0v) is 12.6. The first kappa shape index (κ1) is 15.0. The summed E-state index contributed by atoms with van der Waals surface area (Å²) in [4.78, 5) is 23.5. The molecule has 0 aliphatic carbocycles. The lowest BCUT2D eigenvalue weighted by molar-refractivity contribution is -0.133. The molecule has 108 valence electrons. The van der Waals surface area contributed by atoms with Crippen LogP contribution in [0.2, 0.25) is 0 Å². The first-order chi connectivity index (χ1) is 9.56. The summed E-state index contributed by atoms with van der Waals surface area (Å²) >= 11 is 3.37. The number of nitrogens with one attached hydrogen (secondary N) is 1. The number of halogens is 1. The van der Waals surface area contributed by atoms with Crippen LogP contribution in [0.25, 0.3) is 0 Å². The van der Waals surface area contributed by atoms with E-state index in [1.807, 2.05) is 24.3 Å². The van der Waals surface area contributed by atoms with Gasteiger partial charge in [0.2, 0.25) is 11.8 Å². The Labute approximate surface area is 126 Å². The molecule has 0 radical (unpaired) electrons. The fourth-order valence-electron chi connectivity index (χ4n) is 2.17. The van der Waals surface area contributed by atoms with E-state index in [1.54, 1.807) is 0 Å². The van der Waals surface area contributed by atoms with Gasteiger partial charge in [0.25, 0.3) is 0 Å². The topological polar surface area (TPSA) is 81.4 Å². The molecule has 0 aromatic heterocycles. The van der Waals surface area contributed by atoms with Crippen molar-refractivity contribution in [2.24, 2.45) is 5.73 Å². The van der Waals surface area contributed by atoms with Crippen molar-refractivity contribution in [3.8, 4) is 0 Å². The van der Waals surface area contributed by atoms with Crippen LogP contribution >= 0.6 is 15.9 Å². The number of hydrogen-bond donors (Lipinski definition) is 2. The lowest BCUT2D eigenvalue weighted by Crippen LogP contribution is -2.49. The maximum Gasteiger partial charge on any atom is 0.249 e. The SMILES string of the molecule is NC(=O)[C@H](Cc1cccc(Br)c1)NC(=O)[C@H]1CCCO1. The van der Waals surface area contributed by atoms with E-state index < -0.39 is 18.1 Å². The van der Waals surface area contributed by atoms with E-state index in [1.165, 1.54) is 0 Å². The normalized spacial score (nSPS) is 19.6. The zero-order chi connectivity index (χ0) is 14.5. The monoisotopic (exact) mass is 340 g/mol. The molecule has 1 heterocycles. The van der Waals surface area contributed by atoms with Crippen molar-refractivity contribution < 1.29 is 14.3 Å². The van der Waals surface area contributed by atoms with Crippen molar-refractivity contribution in [2.75, 3.05) is 6.61 Å². The van der Waals surface area contributed by atoms with E-state index in [0.29, 0.717) is 19.4 Å². The summed E-state index contributed by atoms with van der Waals surface area (Å²) in [7, 11) is 0. The van der Waals surface area contributed by atoms with Gasteiger partial charge >= 0.3 is 0 Å². The second-order valence-electron chi connectivity index (χ2n) is 4.80. The lowest BCUT2D eigenvalue weighted by atomic mass is 10.0. The number of benzene rings is 1. The van der Waals surface area contributed by atoms with Gasteiger partial charge in [-0.05, 0) is 30.5 Å². The molecule has 0 spiro atoms. The molecule has 1 fully saturated rings. The highest BCUT2D eigenvalue weighted by molar-refractivity contribution is 9.10. The summed E-state index contributed by atoms with van der Waals surface area (Å²) in [6.07, 6.45) is 1.46. The smallest absolute Gasteiger partial charge is 0.249 e. The highest BCUT2D eigenvalue weighted by Gasteiger charge is 2.27. The Morgan fingerprint density at radius 2 is 2.30 bits per heavy atom. The largest absolute Gasteiger partial charge is 0.368 e. The molecule has 3 N–H and O–H groups in total. The lowest BCUT2D eigenvalue weighted by Gasteiger charge is -2.18. The predicted octanol–water partition coefficient (Wildman–Crippen LogP) is 1.14. The minimum atomic E-state index is -0.721. The molecular weight excluding hydrogens is 324 g/mol. The maximum atomic E-state index is 12.0. The zero-order valence-electron chi connectivity index (χ0n) is 11.0. The van der Waals surface area contributed by atoms with Gasteiger partial charge in [-0.1, -0.05) is 28.1 Å². The van der Waals surface area contributed by atoms with Crippen molar-refractivity contribution in [1.29, 1.82) is 0 Å². The summed E-state index contributed by atoms with van der Waals surface area (Å²) in [5, 5.41) is 2.67. The van der Waals surface area contributed by atoms with E-state index in [2.05, 4.69) is 21.2 Å². The molecule has 1 aromatic rings. The van der Waals surface area contributed by atoms with Gasteiger partial charge < -0.3 is 15.8 Å². The number of nitrogens with two attached hydrogens (primary N) is 1. The fraction of sp³-hybridized carbons (Fsp3) is 0.429. The van der Waals surface area contributed by atoms with Gasteiger partial charge in [0.05, 0.1) is 0 Å². The minimum absolute atomic E-state index is 0.263. The van der Waals surface area contributed by atoms with Crippen LogP contribution in [0.1, 0.15) is 18.4 Å². The Morgan fingerprint density at radius 1 is 1.50 bits per heavy atom. The van der Waals surface area contributed by atoms with Crippen molar-refractivity contribution in [2.45, 2.75) is 31.4 Å². The number of rotatable bonds is 5. The highest BCUT2D eigenvalue weighted by atomic mass is 79.9. The number of hydrogen-bond acceptors (Lipinski definition) is 3. The van der Waals surface area contributed by atoms with Crippen molar-refractivity contribution in [1.82, 2.24) is 5.32 Å². The van der Waals surface area contributed by atoms with Crippen molar-refractivity contribution in [3.63, 3.8) is 0 Å². The molecule has 20 heavy (non-hydrogen) atoms. The summed E-state index contributed by atoms with van der Waals surface area (Å²) in [5.74, 6) is -0.808. The summed E-state index contributed by atoms with van der Waals surface area (Å²) in [5.41, 5.74) is 6.29. The van der Waals surface area contributed by atoms with E-state index in [9.17, 15) is 9.59 Å². The second-order valence-corrected chi connectivity index (χ2v) is 5.71. The summed E-state index contributed by atoms with van der Waals surface area (Å²) in [6.45, 7) is 0.588. The average molecular weight is 341 g/mol. The van der Waals surface area contributed by atoms with Crippen molar-refractivity contribution in [3.05, 3.63) is 34.3 Å². The van der Waals surface area contributed by atoms with Crippen LogP contribution < -0.4 is 11.1 Å². The molecule has 1 saturated heterocycles. The molecule has 2 amide bonds. The van der Waals surface area contributed by atoms with Gasteiger partial charge in [-0.2, -0.15) is 0 Å². The highest BCUT2D eigenvalue weighted by Crippen LogP contribution is 2.15. The van der Waals surface area contributed by atoms with E-state index >= 15 is 0 Å². The number of primary amides is 1. The molecule has 5 nitrogen and oxygen atoms in total.